The van der Waals surface area contributed by atoms with E-state index in [2.05, 4.69) is 22.0 Å². The average molecular weight is 616 g/mol. The number of carbonyl (C=O) groups is 1. The number of amides is 1. The lowest BCUT2D eigenvalue weighted by atomic mass is 9.92. The molecule has 2 aromatic heterocycles. The van der Waals surface area contributed by atoms with E-state index in [1.807, 2.05) is 79.8 Å². The average Bonchev–Trinajstić information content (AvgIpc) is 3.42. The molecule has 3 heterocycles. The zero-order chi connectivity index (χ0) is 31.3. The Morgan fingerprint density at radius 1 is 0.844 bits per heavy atom. The molecule has 1 fully saturated rings. The van der Waals surface area contributed by atoms with Crippen molar-refractivity contribution in [3.8, 4) is 22.3 Å². The van der Waals surface area contributed by atoms with E-state index in [0.717, 1.165) is 51.6 Å². The van der Waals surface area contributed by atoms with E-state index in [4.69, 9.17) is 4.98 Å². The van der Waals surface area contributed by atoms with Crippen molar-refractivity contribution in [2.45, 2.75) is 10.9 Å². The minimum absolute atomic E-state index is 0.0373. The number of nitrogens with zero attached hydrogens (tertiary/aromatic N) is 4. The van der Waals surface area contributed by atoms with E-state index < -0.39 is 10.0 Å². The van der Waals surface area contributed by atoms with Crippen LogP contribution in [0.25, 0.3) is 44.2 Å². The lowest BCUT2D eigenvalue weighted by molar-refractivity contribution is 0.0399. The number of fused-ring (bicyclic) bond motifs is 3. The lowest BCUT2D eigenvalue weighted by Gasteiger charge is -2.42. The largest absolute Gasteiger partial charge is 0.339 e. The van der Waals surface area contributed by atoms with E-state index in [0.29, 0.717) is 22.9 Å². The zero-order valence-electron chi connectivity index (χ0n) is 25.3. The summed E-state index contributed by atoms with van der Waals surface area (Å²) in [6.07, 6.45) is 1.86. The second-order valence-electron chi connectivity index (χ2n) is 11.7. The van der Waals surface area contributed by atoms with Gasteiger partial charge in [0, 0.05) is 65.4 Å². The normalized spacial score (nSPS) is 13.8. The maximum Gasteiger partial charge on any atom is 0.264 e. The van der Waals surface area contributed by atoms with Gasteiger partial charge >= 0.3 is 0 Å². The number of sulfonamides is 1. The fraction of sp³-hybridized carbons (Fsp3) is 0.167. The Morgan fingerprint density at radius 2 is 1.51 bits per heavy atom. The van der Waals surface area contributed by atoms with Crippen molar-refractivity contribution in [1.29, 1.82) is 0 Å². The van der Waals surface area contributed by atoms with Gasteiger partial charge in [-0.2, -0.15) is 0 Å². The van der Waals surface area contributed by atoms with E-state index in [1.54, 1.807) is 43.4 Å². The number of hydrogen-bond donors (Lipinski definition) is 1. The van der Waals surface area contributed by atoms with E-state index in [9.17, 15) is 13.2 Å². The first-order valence-electron chi connectivity index (χ1n) is 14.8. The Balaban J connectivity index is 1.33. The number of anilines is 1. The first-order valence-corrected chi connectivity index (χ1v) is 16.3. The molecule has 9 heteroatoms. The van der Waals surface area contributed by atoms with Crippen molar-refractivity contribution in [3.05, 3.63) is 115 Å². The van der Waals surface area contributed by atoms with Crippen LogP contribution in [0.3, 0.4) is 0 Å². The van der Waals surface area contributed by atoms with Crippen molar-refractivity contribution in [2.75, 3.05) is 38.5 Å². The van der Waals surface area contributed by atoms with Crippen molar-refractivity contribution in [1.82, 2.24) is 19.8 Å². The summed E-state index contributed by atoms with van der Waals surface area (Å²) in [5.41, 5.74) is 6.60. The van der Waals surface area contributed by atoms with Gasteiger partial charge < -0.3 is 14.8 Å². The van der Waals surface area contributed by atoms with Crippen molar-refractivity contribution >= 4 is 43.6 Å². The van der Waals surface area contributed by atoms with Gasteiger partial charge in [0.2, 0.25) is 0 Å². The number of hydrogen-bond acceptors (Lipinski definition) is 5. The second kappa shape index (κ2) is 11.2. The number of nitrogens with one attached hydrogen (secondary N) is 1. The van der Waals surface area contributed by atoms with Gasteiger partial charge in [-0.3, -0.25) is 9.10 Å². The summed E-state index contributed by atoms with van der Waals surface area (Å²) in [7, 11) is 1.89. The highest BCUT2D eigenvalue weighted by Gasteiger charge is 2.32. The lowest BCUT2D eigenvalue weighted by Crippen LogP contribution is -2.59. The predicted octanol–water partition coefficient (Wildman–Crippen LogP) is 6.26. The SMILES string of the molecule is CN(C)C1CN(C(=O)c2ccc(-c3cnc4[nH]c5ccc(N(C)S(=O)(=O)c6ccccc6)cc5c4c3-c3ccccc3)cc2)C1. The molecule has 1 amide bonds. The highest BCUT2D eigenvalue weighted by molar-refractivity contribution is 7.92. The Labute approximate surface area is 262 Å². The van der Waals surface area contributed by atoms with Gasteiger partial charge in [-0.25, -0.2) is 13.4 Å². The summed E-state index contributed by atoms with van der Waals surface area (Å²) < 4.78 is 28.2. The third kappa shape index (κ3) is 5.04. The van der Waals surface area contributed by atoms with Crippen molar-refractivity contribution in [2.24, 2.45) is 0 Å². The molecule has 8 nitrogen and oxygen atoms in total. The molecule has 1 saturated heterocycles. The number of likely N-dealkylation sites (N-methyl/N-ethyl adjacent to an activating group) is 1. The monoisotopic (exact) mass is 615 g/mol. The Hall–Kier alpha value is -4.99. The summed E-state index contributed by atoms with van der Waals surface area (Å²) in [4.78, 5) is 25.6. The molecule has 0 atom stereocenters. The molecule has 45 heavy (non-hydrogen) atoms. The molecule has 4 aromatic carbocycles. The fourth-order valence-corrected chi connectivity index (χ4v) is 7.18. The summed E-state index contributed by atoms with van der Waals surface area (Å²) in [5.74, 6) is 0.0373. The van der Waals surface area contributed by atoms with Crippen molar-refractivity contribution < 1.29 is 13.2 Å². The van der Waals surface area contributed by atoms with Crippen LogP contribution in [0.1, 0.15) is 10.4 Å². The zero-order valence-corrected chi connectivity index (χ0v) is 26.1. The smallest absolute Gasteiger partial charge is 0.264 e. The molecule has 226 valence electrons. The van der Waals surface area contributed by atoms with E-state index in [1.165, 1.54) is 4.31 Å². The number of likely N-dealkylation sites (tertiary alicyclic amines) is 1. The molecule has 1 N–H and O–H groups in total. The molecule has 1 aliphatic rings. The summed E-state index contributed by atoms with van der Waals surface area (Å²) >= 11 is 0. The maximum absolute atomic E-state index is 13.5. The fourth-order valence-electron chi connectivity index (χ4n) is 5.98. The summed E-state index contributed by atoms with van der Waals surface area (Å²) in [5, 5.41) is 1.77. The van der Waals surface area contributed by atoms with Gasteiger partial charge in [0.05, 0.1) is 10.6 Å². The molecule has 0 radical (unpaired) electrons. The summed E-state index contributed by atoms with van der Waals surface area (Å²) in [6.45, 7) is 1.47. The third-order valence-corrected chi connectivity index (χ3v) is 10.6. The molecule has 0 spiro atoms. The molecule has 1 aliphatic heterocycles. The van der Waals surface area contributed by atoms with Gasteiger partial charge in [-0.15, -0.1) is 0 Å². The second-order valence-corrected chi connectivity index (χ2v) is 13.7. The van der Waals surface area contributed by atoms with E-state index in [-0.39, 0.29) is 10.8 Å². The van der Waals surface area contributed by atoms with Crippen LogP contribution in [0, 0.1) is 0 Å². The molecule has 0 aliphatic carbocycles. The molecule has 6 aromatic rings. The first-order chi connectivity index (χ1) is 21.7. The van der Waals surface area contributed by atoms with Crippen LogP contribution < -0.4 is 4.31 Å². The van der Waals surface area contributed by atoms with Crippen LogP contribution in [-0.2, 0) is 10.0 Å². The molecular weight excluding hydrogens is 582 g/mol. The Morgan fingerprint density at radius 3 is 2.18 bits per heavy atom. The molecule has 0 saturated carbocycles. The number of carbonyl (C=O) groups excluding carboxylic acids is 1. The van der Waals surface area contributed by atoms with Crippen LogP contribution in [0.4, 0.5) is 5.69 Å². The van der Waals surface area contributed by atoms with Crippen LogP contribution in [0.15, 0.2) is 114 Å². The van der Waals surface area contributed by atoms with Crippen LogP contribution in [0.5, 0.6) is 0 Å². The Bertz CT molecular complexity index is 2140. The number of rotatable bonds is 7. The highest BCUT2D eigenvalue weighted by atomic mass is 32.2. The highest BCUT2D eigenvalue weighted by Crippen LogP contribution is 2.41. The van der Waals surface area contributed by atoms with Crippen molar-refractivity contribution in [3.63, 3.8) is 0 Å². The molecule has 0 bridgehead atoms. The van der Waals surface area contributed by atoms with Gasteiger partial charge in [-0.05, 0) is 67.7 Å². The number of pyridine rings is 1. The van der Waals surface area contributed by atoms with Gasteiger partial charge in [0.15, 0.2) is 0 Å². The Kier molecular flexibility index (Phi) is 7.14. The van der Waals surface area contributed by atoms with Crippen LogP contribution in [0.2, 0.25) is 0 Å². The number of aromatic nitrogens is 2. The van der Waals surface area contributed by atoms with Crippen LogP contribution >= 0.6 is 0 Å². The van der Waals surface area contributed by atoms with E-state index >= 15 is 0 Å². The molecule has 7 rings (SSSR count). The first kappa shape index (κ1) is 28.8. The summed E-state index contributed by atoms with van der Waals surface area (Å²) in [6, 6.07) is 32.3. The van der Waals surface area contributed by atoms with Gasteiger partial charge in [0.1, 0.15) is 5.65 Å². The predicted molar refractivity (Wildman–Crippen MR) is 180 cm³/mol. The molecular formula is C36H33N5O3S. The minimum atomic E-state index is -3.76. The van der Waals surface area contributed by atoms with Gasteiger partial charge in [0.25, 0.3) is 15.9 Å². The topological polar surface area (TPSA) is 89.6 Å². The van der Waals surface area contributed by atoms with Gasteiger partial charge in [-0.1, -0.05) is 60.7 Å². The minimum Gasteiger partial charge on any atom is -0.339 e. The quantitative estimate of drug-likeness (QED) is 0.229. The number of benzene rings is 4. The molecule has 0 unspecified atom stereocenters. The van der Waals surface area contributed by atoms with Crippen LogP contribution in [-0.4, -0.2) is 74.4 Å². The standard InChI is InChI=1S/C36H33N5O3S/c1-39(2)28-22-41(23-28)36(42)26-16-14-24(15-17-26)31-21-37-35-34(33(31)25-10-6-4-7-11-25)30-20-27(18-19-32(30)38-35)40(3)45(43,44)29-12-8-5-9-13-29/h4-21,28H,22-23H2,1-3H3,(H,37,38). The number of H-pyrrole nitrogens is 1. The number of aromatic amines is 1. The third-order valence-electron chi connectivity index (χ3n) is 8.75. The maximum atomic E-state index is 13.5.